The molecule has 0 unspecified atom stereocenters. The van der Waals surface area contributed by atoms with E-state index in [0.29, 0.717) is 0 Å². The summed E-state index contributed by atoms with van der Waals surface area (Å²) in [7, 11) is 0. The molecule has 0 atom stereocenters. The molecule has 0 N–H and O–H groups in total. The van der Waals surface area contributed by atoms with Gasteiger partial charge in [-0.3, -0.25) is 15.1 Å². The molecule has 92 valence electrons. The highest BCUT2D eigenvalue weighted by Crippen LogP contribution is 2.32. The standard InChI is InChI=1S/C13H13N3O2/c1-9-7-13(15-5-2-6-15)11-8-10(16(17)18)3-4-12(11)14-9/h3-4,7-8H,2,5-6H2,1H3. The maximum atomic E-state index is 10.8. The van der Waals surface area contributed by atoms with Gasteiger partial charge in [0.05, 0.1) is 10.4 Å². The molecule has 18 heavy (non-hydrogen) atoms. The quantitative estimate of drug-likeness (QED) is 0.601. The van der Waals surface area contributed by atoms with Crippen LogP contribution in [0.25, 0.3) is 10.9 Å². The third-order valence-corrected chi connectivity index (χ3v) is 3.31. The Balaban J connectivity index is 2.24. The van der Waals surface area contributed by atoms with Gasteiger partial charge in [-0.15, -0.1) is 0 Å². The molecule has 0 bridgehead atoms. The first-order chi connectivity index (χ1) is 8.65. The summed E-state index contributed by atoms with van der Waals surface area (Å²) in [6, 6.07) is 6.86. The lowest BCUT2D eigenvalue weighted by atomic mass is 10.1. The molecule has 1 aromatic carbocycles. The van der Waals surface area contributed by atoms with Crippen LogP contribution >= 0.6 is 0 Å². The number of anilines is 1. The van der Waals surface area contributed by atoms with Crippen LogP contribution in [0.15, 0.2) is 24.3 Å². The lowest BCUT2D eigenvalue weighted by molar-refractivity contribution is -0.384. The highest BCUT2D eigenvalue weighted by Gasteiger charge is 2.19. The first-order valence-corrected chi connectivity index (χ1v) is 5.96. The molecule has 5 nitrogen and oxygen atoms in total. The molecule has 0 spiro atoms. The monoisotopic (exact) mass is 243 g/mol. The van der Waals surface area contributed by atoms with Crippen molar-refractivity contribution in [3.8, 4) is 0 Å². The van der Waals surface area contributed by atoms with Crippen molar-refractivity contribution in [2.24, 2.45) is 0 Å². The van der Waals surface area contributed by atoms with Crippen molar-refractivity contribution in [1.29, 1.82) is 0 Å². The van der Waals surface area contributed by atoms with E-state index >= 15 is 0 Å². The molecule has 2 heterocycles. The summed E-state index contributed by atoms with van der Waals surface area (Å²) in [6.45, 7) is 3.98. The second-order valence-electron chi connectivity index (χ2n) is 4.58. The van der Waals surface area contributed by atoms with E-state index in [0.717, 1.165) is 35.4 Å². The average molecular weight is 243 g/mol. The van der Waals surface area contributed by atoms with Crippen LogP contribution in [0.2, 0.25) is 0 Å². The van der Waals surface area contributed by atoms with Crippen molar-refractivity contribution in [2.45, 2.75) is 13.3 Å². The number of benzene rings is 1. The van der Waals surface area contributed by atoms with Gasteiger partial charge < -0.3 is 4.90 Å². The first kappa shape index (κ1) is 11.0. The third kappa shape index (κ3) is 1.68. The Bertz CT molecular complexity index is 635. The number of fused-ring (bicyclic) bond motifs is 1. The Hall–Kier alpha value is -2.17. The Labute approximate surface area is 104 Å². The number of nitro benzene ring substituents is 1. The minimum Gasteiger partial charge on any atom is -0.371 e. The summed E-state index contributed by atoms with van der Waals surface area (Å²) in [6.07, 6.45) is 1.18. The van der Waals surface area contributed by atoms with E-state index in [1.54, 1.807) is 12.1 Å². The molecule has 3 rings (SSSR count). The first-order valence-electron chi connectivity index (χ1n) is 5.96. The maximum absolute atomic E-state index is 10.8. The lowest BCUT2D eigenvalue weighted by Crippen LogP contribution is -2.37. The van der Waals surface area contributed by atoms with Gasteiger partial charge in [0.1, 0.15) is 0 Å². The molecule has 1 saturated heterocycles. The third-order valence-electron chi connectivity index (χ3n) is 3.31. The van der Waals surface area contributed by atoms with Gasteiger partial charge in [0.2, 0.25) is 0 Å². The Kier molecular flexibility index (Phi) is 2.40. The fraction of sp³-hybridized carbons (Fsp3) is 0.308. The minimum absolute atomic E-state index is 0.120. The number of hydrogen-bond donors (Lipinski definition) is 0. The van der Waals surface area contributed by atoms with E-state index < -0.39 is 0 Å². The number of pyridine rings is 1. The molecule has 1 fully saturated rings. The minimum atomic E-state index is -0.362. The number of hydrogen-bond acceptors (Lipinski definition) is 4. The number of aryl methyl sites for hydroxylation is 1. The molecule has 0 amide bonds. The van der Waals surface area contributed by atoms with Gasteiger partial charge in [0.15, 0.2) is 0 Å². The van der Waals surface area contributed by atoms with E-state index in [-0.39, 0.29) is 10.6 Å². The summed E-state index contributed by atoms with van der Waals surface area (Å²) in [5.74, 6) is 0. The van der Waals surface area contributed by atoms with Crippen molar-refractivity contribution in [3.63, 3.8) is 0 Å². The fourth-order valence-corrected chi connectivity index (χ4v) is 2.26. The van der Waals surface area contributed by atoms with Crippen LogP contribution < -0.4 is 4.90 Å². The van der Waals surface area contributed by atoms with Crippen molar-refractivity contribution < 1.29 is 4.92 Å². The highest BCUT2D eigenvalue weighted by molar-refractivity contribution is 5.93. The smallest absolute Gasteiger partial charge is 0.270 e. The Morgan fingerprint density at radius 3 is 2.72 bits per heavy atom. The van der Waals surface area contributed by atoms with Crippen molar-refractivity contribution in [3.05, 3.63) is 40.1 Å². The predicted octanol–water partition coefficient (Wildman–Crippen LogP) is 2.66. The fourth-order valence-electron chi connectivity index (χ4n) is 2.26. The molecule has 0 radical (unpaired) electrons. The second-order valence-corrected chi connectivity index (χ2v) is 4.58. The Morgan fingerprint density at radius 2 is 2.11 bits per heavy atom. The second kappa shape index (κ2) is 3.94. The summed E-state index contributed by atoms with van der Waals surface area (Å²) in [5.41, 5.74) is 2.95. The molecule has 0 saturated carbocycles. The molecular weight excluding hydrogens is 230 g/mol. The number of aromatic nitrogens is 1. The zero-order valence-corrected chi connectivity index (χ0v) is 10.1. The molecule has 1 aliphatic heterocycles. The number of nitrogens with zero attached hydrogens (tertiary/aromatic N) is 3. The highest BCUT2D eigenvalue weighted by atomic mass is 16.6. The zero-order valence-electron chi connectivity index (χ0n) is 10.1. The summed E-state index contributed by atoms with van der Waals surface area (Å²) in [4.78, 5) is 17.2. The Morgan fingerprint density at radius 1 is 1.33 bits per heavy atom. The molecule has 0 aliphatic carbocycles. The van der Waals surface area contributed by atoms with Gasteiger partial charge >= 0.3 is 0 Å². The topological polar surface area (TPSA) is 59.3 Å². The van der Waals surface area contributed by atoms with Gasteiger partial charge in [0.25, 0.3) is 5.69 Å². The van der Waals surface area contributed by atoms with Crippen LogP contribution in [-0.2, 0) is 0 Å². The van der Waals surface area contributed by atoms with Crippen molar-refractivity contribution >= 4 is 22.3 Å². The van der Waals surface area contributed by atoms with Crippen LogP contribution in [0.1, 0.15) is 12.1 Å². The summed E-state index contributed by atoms with van der Waals surface area (Å²) in [5, 5.41) is 11.7. The largest absolute Gasteiger partial charge is 0.371 e. The van der Waals surface area contributed by atoms with E-state index in [9.17, 15) is 10.1 Å². The molecule has 5 heteroatoms. The van der Waals surface area contributed by atoms with Gasteiger partial charge in [-0.1, -0.05) is 0 Å². The van der Waals surface area contributed by atoms with Crippen molar-refractivity contribution in [1.82, 2.24) is 4.98 Å². The van der Waals surface area contributed by atoms with Crippen LogP contribution in [0, 0.1) is 17.0 Å². The van der Waals surface area contributed by atoms with Crippen LogP contribution in [0.5, 0.6) is 0 Å². The molecule has 1 aromatic heterocycles. The van der Waals surface area contributed by atoms with E-state index in [2.05, 4.69) is 9.88 Å². The molecule has 1 aliphatic rings. The zero-order chi connectivity index (χ0) is 12.7. The van der Waals surface area contributed by atoms with Crippen LogP contribution in [0.3, 0.4) is 0 Å². The van der Waals surface area contributed by atoms with E-state index in [1.165, 1.54) is 12.5 Å². The predicted molar refractivity (Wildman–Crippen MR) is 70.0 cm³/mol. The normalized spacial score (nSPS) is 14.6. The van der Waals surface area contributed by atoms with Gasteiger partial charge in [-0.25, -0.2) is 0 Å². The van der Waals surface area contributed by atoms with Crippen LogP contribution in [-0.4, -0.2) is 23.0 Å². The average Bonchev–Trinajstić information content (AvgIpc) is 2.25. The molecule has 2 aromatic rings. The van der Waals surface area contributed by atoms with Gasteiger partial charge in [-0.2, -0.15) is 0 Å². The van der Waals surface area contributed by atoms with Gasteiger partial charge in [-0.05, 0) is 25.5 Å². The number of nitro groups is 1. The van der Waals surface area contributed by atoms with Crippen molar-refractivity contribution in [2.75, 3.05) is 18.0 Å². The van der Waals surface area contributed by atoms with E-state index in [1.807, 2.05) is 13.0 Å². The van der Waals surface area contributed by atoms with Crippen LogP contribution in [0.4, 0.5) is 11.4 Å². The SMILES string of the molecule is Cc1cc(N2CCC2)c2cc([N+](=O)[O-])ccc2n1. The summed E-state index contributed by atoms with van der Waals surface area (Å²) < 4.78 is 0. The number of non-ortho nitro benzene ring substituents is 1. The van der Waals surface area contributed by atoms with Gasteiger partial charge in [0, 0.05) is 42.0 Å². The molecular formula is C13H13N3O2. The summed E-state index contributed by atoms with van der Waals surface area (Å²) >= 11 is 0. The lowest BCUT2D eigenvalue weighted by Gasteiger charge is -2.34. The maximum Gasteiger partial charge on any atom is 0.270 e. The van der Waals surface area contributed by atoms with E-state index in [4.69, 9.17) is 0 Å². The number of rotatable bonds is 2.